The number of methoxy groups -OCH3 is 1. The van der Waals surface area contributed by atoms with E-state index in [0.29, 0.717) is 23.8 Å². The number of nitrogens with one attached hydrogen (secondary N) is 1. The fourth-order valence-electron chi connectivity index (χ4n) is 3.93. The van der Waals surface area contributed by atoms with E-state index in [1.807, 2.05) is 6.92 Å². The molecule has 0 unspecified atom stereocenters. The second kappa shape index (κ2) is 11.1. The molecule has 0 aliphatic carbocycles. The summed E-state index contributed by atoms with van der Waals surface area (Å²) in [4.78, 5) is 52.5. The lowest BCUT2D eigenvalue weighted by Crippen LogP contribution is -2.43. The molecule has 4 rings (SSSR count). The fraction of sp³-hybridized carbons (Fsp3) is 0.185. The number of fused-ring (bicyclic) bond motifs is 1. The Kier molecular flexibility index (Phi) is 7.74. The van der Waals surface area contributed by atoms with Crippen LogP contribution in [0.1, 0.15) is 17.3 Å². The van der Waals surface area contributed by atoms with Crippen molar-refractivity contribution < 1.29 is 19.1 Å². The van der Waals surface area contributed by atoms with Crippen molar-refractivity contribution in [1.29, 1.82) is 0 Å². The van der Waals surface area contributed by atoms with E-state index in [0.717, 1.165) is 4.57 Å². The van der Waals surface area contributed by atoms with Crippen molar-refractivity contribution in [3.63, 3.8) is 0 Å². The highest BCUT2D eigenvalue weighted by Crippen LogP contribution is 2.26. The average Bonchev–Trinajstić information content (AvgIpc) is 2.90. The van der Waals surface area contributed by atoms with Crippen LogP contribution in [-0.4, -0.2) is 34.5 Å². The number of ether oxygens (including phenoxy) is 2. The normalized spacial score (nSPS) is 10.8. The maximum Gasteiger partial charge on any atom is 0.332 e. The lowest BCUT2D eigenvalue weighted by atomic mass is 10.1. The molecule has 9 nitrogen and oxygen atoms in total. The Bertz CT molecular complexity index is 1610. The van der Waals surface area contributed by atoms with Crippen LogP contribution in [0.25, 0.3) is 10.9 Å². The van der Waals surface area contributed by atoms with Crippen LogP contribution in [0.4, 0.5) is 5.69 Å². The van der Waals surface area contributed by atoms with Crippen LogP contribution in [0.3, 0.4) is 0 Å². The van der Waals surface area contributed by atoms with Gasteiger partial charge in [-0.1, -0.05) is 35.9 Å². The van der Waals surface area contributed by atoms with Crippen LogP contribution in [-0.2, 0) is 17.9 Å². The maximum atomic E-state index is 13.4. The Morgan fingerprint density at radius 3 is 2.38 bits per heavy atom. The van der Waals surface area contributed by atoms with Gasteiger partial charge < -0.3 is 14.8 Å². The SMILES string of the molecule is CCOc1ccc(C(=O)Cn2c(=O)n(CC(=O)Nc3ccccc3OC)c(=O)c3ccccc32)cc1Cl. The number of ketones is 1. The van der Waals surface area contributed by atoms with Gasteiger partial charge in [-0.3, -0.25) is 23.5 Å². The molecule has 1 amide bonds. The molecule has 0 saturated carbocycles. The molecule has 0 atom stereocenters. The molecule has 37 heavy (non-hydrogen) atoms. The number of anilines is 1. The summed E-state index contributed by atoms with van der Waals surface area (Å²) in [6.07, 6.45) is 0. The topological polar surface area (TPSA) is 109 Å². The predicted octanol–water partition coefficient (Wildman–Crippen LogP) is 3.75. The Labute approximate surface area is 216 Å². The van der Waals surface area contributed by atoms with E-state index in [4.69, 9.17) is 21.1 Å². The standard InChI is InChI=1S/C27H24ClN3O6/c1-3-37-23-13-12-17(14-19(23)28)22(32)15-30-21-10-6-4-8-18(21)26(34)31(27(30)35)16-25(33)29-20-9-5-7-11-24(20)36-2/h4-14H,3,15-16H2,1-2H3,(H,29,33). The first-order chi connectivity index (χ1) is 17.8. The van der Waals surface area contributed by atoms with E-state index < -0.39 is 29.5 Å². The van der Waals surface area contributed by atoms with Crippen LogP contribution in [0, 0.1) is 0 Å². The number of carbonyl (C=O) groups excluding carboxylic acids is 2. The van der Waals surface area contributed by atoms with Crippen molar-refractivity contribution in [3.05, 3.63) is 98.2 Å². The molecule has 0 aliphatic heterocycles. The molecular formula is C27H24ClN3O6. The van der Waals surface area contributed by atoms with E-state index in [9.17, 15) is 19.2 Å². The van der Waals surface area contributed by atoms with Crippen molar-refractivity contribution in [2.45, 2.75) is 20.0 Å². The molecule has 10 heteroatoms. The number of hydrogen-bond donors (Lipinski definition) is 1. The van der Waals surface area contributed by atoms with Gasteiger partial charge in [-0.05, 0) is 49.4 Å². The van der Waals surface area contributed by atoms with Gasteiger partial charge in [0, 0.05) is 5.56 Å². The summed E-state index contributed by atoms with van der Waals surface area (Å²) in [6.45, 7) is 1.32. The van der Waals surface area contributed by atoms with Gasteiger partial charge in [0.2, 0.25) is 5.91 Å². The quantitative estimate of drug-likeness (QED) is 0.336. The lowest BCUT2D eigenvalue weighted by Gasteiger charge is -2.15. The van der Waals surface area contributed by atoms with Crippen LogP contribution in [0.2, 0.25) is 5.02 Å². The van der Waals surface area contributed by atoms with Crippen molar-refractivity contribution in [3.8, 4) is 11.5 Å². The lowest BCUT2D eigenvalue weighted by molar-refractivity contribution is -0.116. The number of benzene rings is 3. The summed E-state index contributed by atoms with van der Waals surface area (Å²) in [5.41, 5.74) is -0.472. The summed E-state index contributed by atoms with van der Waals surface area (Å²) >= 11 is 6.23. The van der Waals surface area contributed by atoms with E-state index in [-0.39, 0.29) is 28.0 Å². The third kappa shape index (κ3) is 5.41. The molecule has 0 spiro atoms. The molecule has 0 bridgehead atoms. The first kappa shape index (κ1) is 25.7. The van der Waals surface area contributed by atoms with Gasteiger partial charge in [0.1, 0.15) is 18.0 Å². The van der Waals surface area contributed by atoms with Gasteiger partial charge >= 0.3 is 5.69 Å². The molecule has 190 valence electrons. The first-order valence-electron chi connectivity index (χ1n) is 11.4. The van der Waals surface area contributed by atoms with Gasteiger partial charge in [-0.15, -0.1) is 0 Å². The third-order valence-electron chi connectivity index (χ3n) is 5.67. The van der Waals surface area contributed by atoms with Crippen molar-refractivity contribution in [2.24, 2.45) is 0 Å². The van der Waals surface area contributed by atoms with Crippen LogP contribution in [0.5, 0.6) is 11.5 Å². The second-order valence-corrected chi connectivity index (χ2v) is 8.43. The van der Waals surface area contributed by atoms with Crippen molar-refractivity contribution in [2.75, 3.05) is 19.0 Å². The molecule has 1 N–H and O–H groups in total. The summed E-state index contributed by atoms with van der Waals surface area (Å²) in [7, 11) is 1.46. The Hall–Kier alpha value is -4.37. The van der Waals surface area contributed by atoms with E-state index in [1.165, 1.54) is 17.7 Å². The minimum absolute atomic E-state index is 0.199. The minimum atomic E-state index is -0.788. The van der Waals surface area contributed by atoms with Crippen LogP contribution < -0.4 is 26.0 Å². The molecule has 3 aromatic carbocycles. The Balaban J connectivity index is 1.70. The molecule has 0 radical (unpaired) electrons. The number of Topliss-reactive ketones (excluding diaryl/α,β-unsaturated/α-hetero) is 1. The van der Waals surface area contributed by atoms with Gasteiger partial charge in [-0.25, -0.2) is 4.79 Å². The van der Waals surface area contributed by atoms with E-state index >= 15 is 0 Å². The predicted molar refractivity (Wildman–Crippen MR) is 141 cm³/mol. The molecule has 0 aliphatic rings. The highest BCUT2D eigenvalue weighted by molar-refractivity contribution is 6.32. The zero-order chi connectivity index (χ0) is 26.5. The largest absolute Gasteiger partial charge is 0.495 e. The summed E-state index contributed by atoms with van der Waals surface area (Å²) in [5.74, 6) is -0.132. The monoisotopic (exact) mass is 521 g/mol. The zero-order valence-corrected chi connectivity index (χ0v) is 20.9. The number of nitrogens with zero attached hydrogens (tertiary/aromatic N) is 2. The molecule has 1 aromatic heterocycles. The number of aromatic nitrogens is 2. The second-order valence-electron chi connectivity index (χ2n) is 8.03. The van der Waals surface area contributed by atoms with Crippen LogP contribution >= 0.6 is 11.6 Å². The van der Waals surface area contributed by atoms with Crippen molar-refractivity contribution in [1.82, 2.24) is 9.13 Å². The van der Waals surface area contributed by atoms with Gasteiger partial charge in [0.15, 0.2) is 5.78 Å². The number of para-hydroxylation sites is 3. The van der Waals surface area contributed by atoms with E-state index in [2.05, 4.69) is 5.32 Å². The number of halogens is 1. The van der Waals surface area contributed by atoms with Gasteiger partial charge in [0.25, 0.3) is 5.56 Å². The molecule has 1 heterocycles. The summed E-state index contributed by atoms with van der Waals surface area (Å²) < 4.78 is 12.6. The fourth-order valence-corrected chi connectivity index (χ4v) is 4.16. The van der Waals surface area contributed by atoms with Gasteiger partial charge in [-0.2, -0.15) is 0 Å². The Morgan fingerprint density at radius 2 is 1.65 bits per heavy atom. The Morgan fingerprint density at radius 1 is 0.919 bits per heavy atom. The number of carbonyl (C=O) groups is 2. The van der Waals surface area contributed by atoms with Gasteiger partial charge in [0.05, 0.1) is 41.9 Å². The highest BCUT2D eigenvalue weighted by Gasteiger charge is 2.19. The third-order valence-corrected chi connectivity index (χ3v) is 5.97. The molecular weight excluding hydrogens is 498 g/mol. The van der Waals surface area contributed by atoms with Crippen molar-refractivity contribution >= 4 is 39.9 Å². The zero-order valence-electron chi connectivity index (χ0n) is 20.2. The smallest absolute Gasteiger partial charge is 0.332 e. The molecule has 0 fully saturated rings. The average molecular weight is 522 g/mol. The summed E-state index contributed by atoms with van der Waals surface area (Å²) in [6, 6.07) is 17.8. The van der Waals surface area contributed by atoms with Crippen LogP contribution in [0.15, 0.2) is 76.3 Å². The number of rotatable bonds is 9. The summed E-state index contributed by atoms with van der Waals surface area (Å²) in [5, 5.41) is 3.12. The molecule has 4 aromatic rings. The number of hydrogen-bond acceptors (Lipinski definition) is 6. The van der Waals surface area contributed by atoms with E-state index in [1.54, 1.807) is 60.7 Å². The number of amides is 1. The molecule has 0 saturated heterocycles. The minimum Gasteiger partial charge on any atom is -0.495 e. The highest BCUT2D eigenvalue weighted by atomic mass is 35.5. The maximum absolute atomic E-state index is 13.4. The first-order valence-corrected chi connectivity index (χ1v) is 11.8.